The Morgan fingerprint density at radius 2 is 1.89 bits per heavy atom. The first-order valence-electron chi connectivity index (χ1n) is 9.45. The van der Waals surface area contributed by atoms with E-state index in [1.54, 1.807) is 6.92 Å². The molecule has 6 nitrogen and oxygen atoms in total. The Morgan fingerprint density at radius 3 is 2.57 bits per heavy atom. The molecule has 0 bridgehead atoms. The minimum Gasteiger partial charge on any atom is -0.507 e. The van der Waals surface area contributed by atoms with Crippen LogP contribution >= 0.6 is 0 Å². The zero-order valence-electron chi connectivity index (χ0n) is 15.5. The molecule has 1 unspecified atom stereocenters. The number of halogens is 3. The molecule has 28 heavy (non-hydrogen) atoms. The van der Waals surface area contributed by atoms with Crippen molar-refractivity contribution in [1.82, 2.24) is 20.1 Å². The third-order valence-corrected chi connectivity index (χ3v) is 5.59. The zero-order chi connectivity index (χ0) is 19.9. The number of benzene rings is 1. The molecule has 2 aliphatic rings. The van der Waals surface area contributed by atoms with Gasteiger partial charge in [0.1, 0.15) is 11.4 Å². The Morgan fingerprint density at radius 1 is 1.14 bits per heavy atom. The van der Waals surface area contributed by atoms with Crippen molar-refractivity contribution in [3.8, 4) is 17.0 Å². The lowest BCUT2D eigenvalue weighted by Gasteiger charge is -2.36. The van der Waals surface area contributed by atoms with Crippen molar-refractivity contribution in [2.75, 3.05) is 18.4 Å². The summed E-state index contributed by atoms with van der Waals surface area (Å²) in [5, 5.41) is 21.7. The molecule has 2 saturated heterocycles. The van der Waals surface area contributed by atoms with E-state index in [4.69, 9.17) is 0 Å². The van der Waals surface area contributed by atoms with Gasteiger partial charge in [0.2, 0.25) is 5.95 Å². The number of piperidine rings is 1. The maximum atomic E-state index is 12.8. The predicted molar refractivity (Wildman–Crippen MR) is 97.9 cm³/mol. The fourth-order valence-electron chi connectivity index (χ4n) is 4.25. The average molecular weight is 393 g/mol. The number of nitrogens with zero attached hydrogens (tertiary/aromatic N) is 4. The Bertz CT molecular complexity index is 873. The van der Waals surface area contributed by atoms with Crippen molar-refractivity contribution in [3.05, 3.63) is 29.5 Å². The Balaban J connectivity index is 1.55. The number of anilines is 1. The molecule has 2 N–H and O–H groups in total. The molecule has 9 heteroatoms. The van der Waals surface area contributed by atoms with Gasteiger partial charge in [-0.25, -0.2) is 4.98 Å². The van der Waals surface area contributed by atoms with E-state index in [0.717, 1.165) is 38.4 Å². The predicted octanol–water partition coefficient (Wildman–Crippen LogP) is 3.61. The van der Waals surface area contributed by atoms with Gasteiger partial charge in [0.25, 0.3) is 0 Å². The van der Waals surface area contributed by atoms with E-state index < -0.39 is 17.5 Å². The lowest BCUT2D eigenvalue weighted by Crippen LogP contribution is -2.47. The number of aromatic nitrogens is 3. The van der Waals surface area contributed by atoms with Gasteiger partial charge in [-0.05, 0) is 63.9 Å². The summed E-state index contributed by atoms with van der Waals surface area (Å²) in [6, 6.07) is 3.55. The normalized spacial score (nSPS) is 22.9. The molecule has 0 radical (unpaired) electrons. The monoisotopic (exact) mass is 393 g/mol. The number of aryl methyl sites for hydroxylation is 1. The standard InChI is InChI=1S/C19H22F3N5O/c1-11-17(13-7-6-12(10-16(13)28)19(20,21)22)25-26-18(23-11)24-14-4-2-8-27-9-3-5-15(14)27/h6-7,10,14-15,28H,2-5,8-9H2,1H3,(H,23,24,26)/t14-,15?/m0/s1. The van der Waals surface area contributed by atoms with E-state index in [9.17, 15) is 18.3 Å². The second kappa shape index (κ2) is 7.20. The van der Waals surface area contributed by atoms with Gasteiger partial charge < -0.3 is 10.4 Å². The first kappa shape index (κ1) is 18.9. The largest absolute Gasteiger partial charge is 0.507 e. The van der Waals surface area contributed by atoms with Gasteiger partial charge in [0.05, 0.1) is 11.3 Å². The van der Waals surface area contributed by atoms with Crippen LogP contribution in [0.5, 0.6) is 5.75 Å². The minimum absolute atomic E-state index is 0.177. The van der Waals surface area contributed by atoms with Crippen LogP contribution in [0.1, 0.15) is 36.9 Å². The summed E-state index contributed by atoms with van der Waals surface area (Å²) in [5.74, 6) is -0.0880. The van der Waals surface area contributed by atoms with Crippen molar-refractivity contribution in [3.63, 3.8) is 0 Å². The van der Waals surface area contributed by atoms with Crippen LogP contribution in [-0.2, 0) is 6.18 Å². The van der Waals surface area contributed by atoms with Gasteiger partial charge in [-0.1, -0.05) is 0 Å². The molecule has 4 rings (SSSR count). The molecule has 2 aliphatic heterocycles. The highest BCUT2D eigenvalue weighted by Gasteiger charge is 2.35. The maximum absolute atomic E-state index is 12.8. The molecule has 3 heterocycles. The van der Waals surface area contributed by atoms with Crippen LogP contribution < -0.4 is 5.32 Å². The Labute approximate surface area is 160 Å². The van der Waals surface area contributed by atoms with Gasteiger partial charge >= 0.3 is 6.18 Å². The molecule has 0 amide bonds. The lowest BCUT2D eigenvalue weighted by atomic mass is 9.96. The molecule has 1 aromatic carbocycles. The van der Waals surface area contributed by atoms with Crippen LogP contribution in [0.2, 0.25) is 0 Å². The van der Waals surface area contributed by atoms with Crippen molar-refractivity contribution >= 4 is 5.95 Å². The molecule has 0 aliphatic carbocycles. The highest BCUT2D eigenvalue weighted by atomic mass is 19.4. The topological polar surface area (TPSA) is 74.2 Å². The zero-order valence-corrected chi connectivity index (χ0v) is 15.5. The highest BCUT2D eigenvalue weighted by molar-refractivity contribution is 5.69. The first-order valence-corrected chi connectivity index (χ1v) is 9.45. The molecule has 2 atom stereocenters. The number of rotatable bonds is 3. The van der Waals surface area contributed by atoms with Gasteiger partial charge in [-0.15, -0.1) is 10.2 Å². The summed E-state index contributed by atoms with van der Waals surface area (Å²) in [6.45, 7) is 3.97. The van der Waals surface area contributed by atoms with Gasteiger partial charge in [0.15, 0.2) is 0 Å². The maximum Gasteiger partial charge on any atom is 0.416 e. The molecule has 2 fully saturated rings. The van der Waals surface area contributed by atoms with Crippen LogP contribution in [0.25, 0.3) is 11.3 Å². The van der Waals surface area contributed by atoms with Gasteiger partial charge in [-0.2, -0.15) is 13.2 Å². The van der Waals surface area contributed by atoms with E-state index in [-0.39, 0.29) is 17.3 Å². The SMILES string of the molecule is Cc1nc(N[C@H]2CCCN3CCCC23)nnc1-c1ccc(C(F)(F)F)cc1O. The Hall–Kier alpha value is -2.42. The molecule has 0 spiro atoms. The molecule has 2 aromatic rings. The highest BCUT2D eigenvalue weighted by Crippen LogP contribution is 2.36. The molecular formula is C19H22F3N5O. The number of fused-ring (bicyclic) bond motifs is 1. The Kier molecular flexibility index (Phi) is 4.86. The van der Waals surface area contributed by atoms with E-state index in [2.05, 4.69) is 25.4 Å². The van der Waals surface area contributed by atoms with Gasteiger partial charge in [0, 0.05) is 17.6 Å². The number of nitrogens with one attached hydrogen (secondary N) is 1. The number of alkyl halides is 3. The van der Waals surface area contributed by atoms with E-state index >= 15 is 0 Å². The van der Waals surface area contributed by atoms with Crippen LogP contribution in [0.4, 0.5) is 19.1 Å². The van der Waals surface area contributed by atoms with E-state index in [1.807, 2.05) is 0 Å². The summed E-state index contributed by atoms with van der Waals surface area (Å²) in [7, 11) is 0. The lowest BCUT2D eigenvalue weighted by molar-refractivity contribution is -0.137. The summed E-state index contributed by atoms with van der Waals surface area (Å²) < 4.78 is 38.4. The first-order chi connectivity index (χ1) is 13.3. The van der Waals surface area contributed by atoms with Crippen LogP contribution in [0.15, 0.2) is 18.2 Å². The fourth-order valence-corrected chi connectivity index (χ4v) is 4.25. The fraction of sp³-hybridized carbons (Fsp3) is 0.526. The number of hydrogen-bond donors (Lipinski definition) is 2. The number of hydrogen-bond acceptors (Lipinski definition) is 6. The number of aromatic hydroxyl groups is 1. The third kappa shape index (κ3) is 3.63. The molecule has 150 valence electrons. The van der Waals surface area contributed by atoms with E-state index in [0.29, 0.717) is 23.8 Å². The van der Waals surface area contributed by atoms with Crippen molar-refractivity contribution in [2.24, 2.45) is 0 Å². The summed E-state index contributed by atoms with van der Waals surface area (Å²) in [4.78, 5) is 6.93. The molecular weight excluding hydrogens is 371 g/mol. The van der Waals surface area contributed by atoms with E-state index in [1.165, 1.54) is 12.5 Å². The van der Waals surface area contributed by atoms with Crippen LogP contribution in [0.3, 0.4) is 0 Å². The van der Waals surface area contributed by atoms with Crippen molar-refractivity contribution in [1.29, 1.82) is 0 Å². The molecule has 0 saturated carbocycles. The summed E-state index contributed by atoms with van der Waals surface area (Å²) in [5.41, 5.74) is 0.0234. The number of phenolic OH excluding ortho intramolecular Hbond substituents is 1. The third-order valence-electron chi connectivity index (χ3n) is 5.59. The second-order valence-corrected chi connectivity index (χ2v) is 7.44. The smallest absolute Gasteiger partial charge is 0.416 e. The molecule has 1 aromatic heterocycles. The minimum atomic E-state index is -4.52. The summed E-state index contributed by atoms with van der Waals surface area (Å²) in [6.07, 6.45) is 0.00862. The average Bonchev–Trinajstić information content (AvgIpc) is 3.11. The van der Waals surface area contributed by atoms with Crippen molar-refractivity contribution < 1.29 is 18.3 Å². The number of phenols is 1. The summed E-state index contributed by atoms with van der Waals surface area (Å²) >= 11 is 0. The van der Waals surface area contributed by atoms with Crippen LogP contribution in [0, 0.1) is 6.92 Å². The van der Waals surface area contributed by atoms with Crippen LogP contribution in [-0.4, -0.2) is 50.4 Å². The van der Waals surface area contributed by atoms with Crippen molar-refractivity contribution in [2.45, 2.75) is 50.9 Å². The second-order valence-electron chi connectivity index (χ2n) is 7.44. The van der Waals surface area contributed by atoms with Gasteiger partial charge in [-0.3, -0.25) is 4.90 Å². The quantitative estimate of drug-likeness (QED) is 0.830.